The number of ether oxygens (including phenoxy) is 1. The lowest BCUT2D eigenvalue weighted by atomic mass is 10.0. The van der Waals surface area contributed by atoms with Crippen LogP contribution in [0.1, 0.15) is 18.4 Å². The molecule has 0 fully saturated rings. The first kappa shape index (κ1) is 16.4. The first-order valence-corrected chi connectivity index (χ1v) is 8.77. The van der Waals surface area contributed by atoms with Crippen molar-refractivity contribution < 1.29 is 4.74 Å². The molecule has 3 N–H and O–H groups in total. The summed E-state index contributed by atoms with van der Waals surface area (Å²) in [4.78, 5) is 4.27. The number of amidine groups is 1. The monoisotopic (exact) mass is 346 g/mol. The molecule has 4 aromatic rings. The summed E-state index contributed by atoms with van der Waals surface area (Å²) in [7, 11) is 2.11. The van der Waals surface area contributed by atoms with Crippen molar-refractivity contribution in [3.63, 3.8) is 0 Å². The zero-order valence-corrected chi connectivity index (χ0v) is 15.0. The number of pyridine rings is 1. The first-order valence-electron chi connectivity index (χ1n) is 8.77. The van der Waals surface area contributed by atoms with Crippen LogP contribution in [0.5, 0.6) is 5.75 Å². The highest BCUT2D eigenvalue weighted by molar-refractivity contribution is 6.14. The predicted octanol–water partition coefficient (Wildman–Crippen LogP) is 4.28. The Kier molecular flexibility index (Phi) is 3.99. The second-order valence-corrected chi connectivity index (χ2v) is 6.71. The van der Waals surface area contributed by atoms with E-state index >= 15 is 0 Å². The molecular weight excluding hydrogens is 324 g/mol. The number of rotatable bonds is 5. The van der Waals surface area contributed by atoms with E-state index in [-0.39, 0.29) is 5.84 Å². The maximum absolute atomic E-state index is 7.28. The molecule has 4 rings (SSSR count). The van der Waals surface area contributed by atoms with Crippen LogP contribution in [0.3, 0.4) is 0 Å². The average molecular weight is 346 g/mol. The third-order valence-electron chi connectivity index (χ3n) is 4.98. The molecule has 0 aliphatic carbocycles. The lowest BCUT2D eigenvalue weighted by Crippen LogP contribution is -2.10. The lowest BCUT2D eigenvalue weighted by molar-refractivity contribution is 0.314. The molecule has 0 atom stereocenters. The highest BCUT2D eigenvalue weighted by Crippen LogP contribution is 2.36. The Hall–Kier alpha value is -3.08. The fourth-order valence-corrected chi connectivity index (χ4v) is 3.74. The Morgan fingerprint density at radius 1 is 1.19 bits per heavy atom. The van der Waals surface area contributed by atoms with Crippen LogP contribution in [0.4, 0.5) is 0 Å². The number of fused-ring (bicyclic) bond motifs is 4. The number of benzene rings is 2. The maximum atomic E-state index is 7.28. The molecule has 0 saturated heterocycles. The minimum Gasteiger partial charge on any atom is -0.494 e. The molecule has 26 heavy (non-hydrogen) atoms. The van der Waals surface area contributed by atoms with E-state index in [1.54, 1.807) is 0 Å². The maximum Gasteiger partial charge on any atom is 0.120 e. The van der Waals surface area contributed by atoms with Gasteiger partial charge in [-0.3, -0.25) is 10.4 Å². The largest absolute Gasteiger partial charge is 0.494 e. The number of nitrogens with zero attached hydrogens (tertiary/aromatic N) is 2. The smallest absolute Gasteiger partial charge is 0.120 e. The van der Waals surface area contributed by atoms with Crippen molar-refractivity contribution in [3.05, 3.63) is 48.3 Å². The molecule has 0 unspecified atom stereocenters. The topological polar surface area (TPSA) is 76.9 Å². The average Bonchev–Trinajstić information content (AvgIpc) is 2.91. The van der Waals surface area contributed by atoms with Crippen molar-refractivity contribution in [2.45, 2.75) is 19.8 Å². The number of nitrogens with one attached hydrogen (secondary N) is 1. The molecular formula is C21H22N4O. The predicted molar refractivity (Wildman–Crippen MR) is 107 cm³/mol. The number of hydrogen-bond acceptors (Lipinski definition) is 3. The molecule has 5 nitrogen and oxygen atoms in total. The number of aromatic nitrogens is 2. The number of aryl methyl sites for hydroxylation is 2. The van der Waals surface area contributed by atoms with Crippen LogP contribution in [0.2, 0.25) is 0 Å². The zero-order valence-electron chi connectivity index (χ0n) is 15.0. The van der Waals surface area contributed by atoms with Crippen LogP contribution in [0, 0.1) is 12.3 Å². The van der Waals surface area contributed by atoms with E-state index < -0.39 is 0 Å². The van der Waals surface area contributed by atoms with Crippen LogP contribution in [0.25, 0.3) is 32.6 Å². The highest BCUT2D eigenvalue weighted by atomic mass is 16.5. The van der Waals surface area contributed by atoms with Crippen LogP contribution in [0.15, 0.2) is 42.7 Å². The SMILES string of the molecule is Cc1c2ccncc2cc2c3cc(OCCCC(=N)N)ccc3n(C)c12. The summed E-state index contributed by atoms with van der Waals surface area (Å²) in [6, 6.07) is 10.5. The first-order chi connectivity index (χ1) is 12.6. The van der Waals surface area contributed by atoms with Gasteiger partial charge in [0.25, 0.3) is 0 Å². The minimum absolute atomic E-state index is 0.203. The summed E-state index contributed by atoms with van der Waals surface area (Å²) in [6.45, 7) is 2.73. The third-order valence-corrected chi connectivity index (χ3v) is 4.98. The van der Waals surface area contributed by atoms with E-state index in [0.717, 1.165) is 17.6 Å². The Balaban J connectivity index is 1.82. The van der Waals surface area contributed by atoms with Crippen LogP contribution < -0.4 is 10.5 Å². The summed E-state index contributed by atoms with van der Waals surface area (Å²) in [5.41, 5.74) is 9.08. The molecule has 0 saturated carbocycles. The lowest BCUT2D eigenvalue weighted by Gasteiger charge is -2.06. The van der Waals surface area contributed by atoms with E-state index in [0.29, 0.717) is 13.0 Å². The van der Waals surface area contributed by atoms with Gasteiger partial charge in [0.15, 0.2) is 0 Å². The summed E-state index contributed by atoms with van der Waals surface area (Å²) < 4.78 is 8.12. The third kappa shape index (κ3) is 2.65. The number of nitrogens with two attached hydrogens (primary N) is 1. The molecule has 0 radical (unpaired) electrons. The van der Waals surface area contributed by atoms with Gasteiger partial charge in [-0.25, -0.2) is 0 Å². The van der Waals surface area contributed by atoms with Crippen molar-refractivity contribution in [2.75, 3.05) is 6.61 Å². The molecule has 2 aromatic carbocycles. The zero-order chi connectivity index (χ0) is 18.3. The van der Waals surface area contributed by atoms with Gasteiger partial charge in [0.1, 0.15) is 5.75 Å². The van der Waals surface area contributed by atoms with E-state index in [4.69, 9.17) is 15.9 Å². The molecule has 2 heterocycles. The van der Waals surface area contributed by atoms with Crippen molar-refractivity contribution >= 4 is 38.4 Å². The number of hydrogen-bond donors (Lipinski definition) is 2. The molecule has 5 heteroatoms. The van der Waals surface area contributed by atoms with Gasteiger partial charge in [0.05, 0.1) is 18.0 Å². The molecule has 0 aliphatic rings. The summed E-state index contributed by atoms with van der Waals surface area (Å²) in [5, 5.41) is 12.1. The molecule has 0 bridgehead atoms. The highest BCUT2D eigenvalue weighted by Gasteiger charge is 2.13. The molecule has 132 valence electrons. The van der Waals surface area contributed by atoms with Gasteiger partial charge in [-0.15, -0.1) is 0 Å². The quantitative estimate of drug-likeness (QED) is 0.322. The van der Waals surface area contributed by atoms with Crippen molar-refractivity contribution in [1.82, 2.24) is 9.55 Å². The molecule has 2 aromatic heterocycles. The standard InChI is InChI=1S/C21H22N4O/c1-13-16-7-8-24-12-14(16)10-18-17-11-15(26-9-3-4-20(22)23)5-6-19(17)25(2)21(13)18/h5-8,10-12H,3-4,9H2,1-2H3,(H3,22,23). The second kappa shape index (κ2) is 6.33. The Morgan fingerprint density at radius 2 is 2.04 bits per heavy atom. The van der Waals surface area contributed by atoms with Crippen LogP contribution in [-0.4, -0.2) is 22.0 Å². The van der Waals surface area contributed by atoms with E-state index in [9.17, 15) is 0 Å². The normalized spacial score (nSPS) is 11.5. The fraction of sp³-hybridized carbons (Fsp3) is 0.238. The molecule has 0 amide bonds. The van der Waals surface area contributed by atoms with Gasteiger partial charge < -0.3 is 15.0 Å². The van der Waals surface area contributed by atoms with Crippen molar-refractivity contribution in [3.8, 4) is 5.75 Å². The van der Waals surface area contributed by atoms with Gasteiger partial charge in [0.2, 0.25) is 0 Å². The molecule has 0 spiro atoms. The summed E-state index contributed by atoms with van der Waals surface area (Å²) in [5.74, 6) is 1.05. The van der Waals surface area contributed by atoms with E-state index in [1.807, 2.05) is 18.5 Å². The van der Waals surface area contributed by atoms with E-state index in [1.165, 1.54) is 32.8 Å². The fourth-order valence-electron chi connectivity index (χ4n) is 3.74. The van der Waals surface area contributed by atoms with Crippen molar-refractivity contribution in [2.24, 2.45) is 12.8 Å². The van der Waals surface area contributed by atoms with Crippen LogP contribution in [-0.2, 0) is 7.05 Å². The van der Waals surface area contributed by atoms with Gasteiger partial charge in [-0.05, 0) is 54.6 Å². The van der Waals surface area contributed by atoms with E-state index in [2.05, 4.69) is 47.8 Å². The van der Waals surface area contributed by atoms with Gasteiger partial charge in [-0.2, -0.15) is 0 Å². The Morgan fingerprint density at radius 3 is 2.85 bits per heavy atom. The summed E-state index contributed by atoms with van der Waals surface area (Å²) in [6.07, 6.45) is 5.08. The van der Waals surface area contributed by atoms with Crippen molar-refractivity contribution in [1.29, 1.82) is 5.41 Å². The minimum atomic E-state index is 0.203. The molecule has 0 aliphatic heterocycles. The second-order valence-electron chi connectivity index (χ2n) is 6.71. The van der Waals surface area contributed by atoms with Gasteiger partial charge in [-0.1, -0.05) is 0 Å². The van der Waals surface area contributed by atoms with Gasteiger partial charge >= 0.3 is 0 Å². The summed E-state index contributed by atoms with van der Waals surface area (Å²) >= 11 is 0. The van der Waals surface area contributed by atoms with Crippen LogP contribution >= 0.6 is 0 Å². The Labute approximate surface area is 151 Å². The Bertz CT molecular complexity index is 1140. The van der Waals surface area contributed by atoms with Gasteiger partial charge in [0, 0.05) is 47.5 Å².